The Labute approximate surface area is 126 Å². The van der Waals surface area contributed by atoms with Crippen molar-refractivity contribution >= 4 is 29.9 Å². The third-order valence-corrected chi connectivity index (χ3v) is 2.84. The van der Waals surface area contributed by atoms with E-state index in [0.717, 1.165) is 6.42 Å². The predicted octanol–water partition coefficient (Wildman–Crippen LogP) is 1.74. The molecule has 102 valence electrons. The lowest BCUT2D eigenvalue weighted by Crippen LogP contribution is -2.27. The van der Waals surface area contributed by atoms with Gasteiger partial charge in [-0.2, -0.15) is 0 Å². The zero-order chi connectivity index (χ0) is 12.8. The van der Waals surface area contributed by atoms with E-state index in [0.29, 0.717) is 6.54 Å². The van der Waals surface area contributed by atoms with Crippen LogP contribution in [0.2, 0.25) is 0 Å². The topological polar surface area (TPSA) is 67.6 Å². The first-order chi connectivity index (χ1) is 8.04. The maximum atomic E-state index is 5.37. The number of rotatable bonds is 5. The zero-order valence-electron chi connectivity index (χ0n) is 11.3. The molecule has 0 aromatic heterocycles. The number of benzene rings is 1. The van der Waals surface area contributed by atoms with Crippen LogP contribution < -0.4 is 11.5 Å². The maximum Gasteiger partial charge on any atom is 0.185 e. The van der Waals surface area contributed by atoms with Crippen molar-refractivity contribution in [2.75, 3.05) is 20.6 Å². The molecular formula is C13H23IN4. The lowest BCUT2D eigenvalue weighted by atomic mass is 10.0. The fourth-order valence-electron chi connectivity index (χ4n) is 1.73. The average Bonchev–Trinajstić information content (AvgIpc) is 2.29. The van der Waals surface area contributed by atoms with E-state index in [1.54, 1.807) is 0 Å². The number of halogens is 1. The normalized spacial score (nSPS) is 11.8. The Bertz CT molecular complexity index is 369. The van der Waals surface area contributed by atoms with Crippen molar-refractivity contribution in [2.45, 2.75) is 19.4 Å². The van der Waals surface area contributed by atoms with Gasteiger partial charge in [0.2, 0.25) is 0 Å². The van der Waals surface area contributed by atoms with E-state index in [-0.39, 0.29) is 36.0 Å². The molecule has 18 heavy (non-hydrogen) atoms. The summed E-state index contributed by atoms with van der Waals surface area (Å²) in [5, 5.41) is 0. The molecule has 4 N–H and O–H groups in total. The minimum Gasteiger partial charge on any atom is -0.370 e. The Kier molecular flexibility index (Phi) is 7.93. The zero-order valence-corrected chi connectivity index (χ0v) is 13.6. The molecule has 1 atom stereocenters. The standard InChI is InChI=1S/C13H22N4.HI/c1-4-10-5-7-11(8-6-10)12(17(2)3)9-16-13(14)15;/h5-8,12H,4,9H2,1-3H3,(H4,14,15,16);1H. The van der Waals surface area contributed by atoms with Crippen LogP contribution >= 0.6 is 24.0 Å². The van der Waals surface area contributed by atoms with Crippen molar-refractivity contribution in [3.63, 3.8) is 0 Å². The fraction of sp³-hybridized carbons (Fsp3) is 0.462. The Balaban J connectivity index is 0.00000289. The number of nitrogens with zero attached hydrogens (tertiary/aromatic N) is 2. The van der Waals surface area contributed by atoms with Crippen molar-refractivity contribution in [3.8, 4) is 0 Å². The Morgan fingerprint density at radius 1 is 1.22 bits per heavy atom. The molecule has 5 heteroatoms. The Morgan fingerprint density at radius 3 is 2.17 bits per heavy atom. The van der Waals surface area contributed by atoms with Gasteiger partial charge in [0, 0.05) is 0 Å². The summed E-state index contributed by atoms with van der Waals surface area (Å²) in [5.74, 6) is 0.141. The number of hydrogen-bond acceptors (Lipinski definition) is 2. The number of hydrogen-bond donors (Lipinski definition) is 2. The van der Waals surface area contributed by atoms with Crippen molar-refractivity contribution < 1.29 is 0 Å². The molecule has 0 aliphatic carbocycles. The van der Waals surface area contributed by atoms with E-state index in [4.69, 9.17) is 11.5 Å². The highest BCUT2D eigenvalue weighted by molar-refractivity contribution is 14.0. The number of guanidine groups is 1. The van der Waals surface area contributed by atoms with Gasteiger partial charge in [-0.25, -0.2) is 0 Å². The number of aliphatic imine (C=N–C) groups is 1. The van der Waals surface area contributed by atoms with Gasteiger partial charge in [0.25, 0.3) is 0 Å². The van der Waals surface area contributed by atoms with Gasteiger partial charge in [0.15, 0.2) is 5.96 Å². The summed E-state index contributed by atoms with van der Waals surface area (Å²) in [7, 11) is 4.06. The second kappa shape index (κ2) is 8.31. The van der Waals surface area contributed by atoms with Crippen LogP contribution in [0.15, 0.2) is 29.3 Å². The molecule has 0 aliphatic rings. The number of aryl methyl sites for hydroxylation is 1. The van der Waals surface area contributed by atoms with Crippen LogP contribution in [0.3, 0.4) is 0 Å². The largest absolute Gasteiger partial charge is 0.370 e. The van der Waals surface area contributed by atoms with Gasteiger partial charge >= 0.3 is 0 Å². The van der Waals surface area contributed by atoms with Crippen LogP contribution in [-0.4, -0.2) is 31.5 Å². The fourth-order valence-corrected chi connectivity index (χ4v) is 1.73. The Hall–Kier alpha value is -0.820. The van der Waals surface area contributed by atoms with Crippen LogP contribution in [0.5, 0.6) is 0 Å². The molecule has 0 radical (unpaired) electrons. The van der Waals surface area contributed by atoms with E-state index in [2.05, 4.69) is 41.1 Å². The quantitative estimate of drug-likeness (QED) is 0.476. The molecule has 0 aliphatic heterocycles. The number of likely N-dealkylation sites (N-methyl/N-ethyl adjacent to an activating group) is 1. The lowest BCUT2D eigenvalue weighted by molar-refractivity contribution is 0.306. The molecule has 0 bridgehead atoms. The van der Waals surface area contributed by atoms with Crippen molar-refractivity contribution in [1.82, 2.24) is 4.90 Å². The van der Waals surface area contributed by atoms with Crippen LogP contribution in [0.4, 0.5) is 0 Å². The summed E-state index contributed by atoms with van der Waals surface area (Å²) in [4.78, 5) is 6.21. The Morgan fingerprint density at radius 2 is 1.78 bits per heavy atom. The minimum absolute atomic E-state index is 0. The second-order valence-electron chi connectivity index (χ2n) is 4.34. The van der Waals surface area contributed by atoms with Gasteiger partial charge in [0.1, 0.15) is 0 Å². The first-order valence-electron chi connectivity index (χ1n) is 5.85. The van der Waals surface area contributed by atoms with Gasteiger partial charge in [-0.15, -0.1) is 24.0 Å². The van der Waals surface area contributed by atoms with Gasteiger partial charge in [0.05, 0.1) is 12.6 Å². The second-order valence-corrected chi connectivity index (χ2v) is 4.34. The molecule has 0 saturated heterocycles. The predicted molar refractivity (Wildman–Crippen MR) is 88.3 cm³/mol. The average molecular weight is 362 g/mol. The molecule has 4 nitrogen and oxygen atoms in total. The highest BCUT2D eigenvalue weighted by Gasteiger charge is 2.13. The SMILES string of the molecule is CCc1ccc(C(CN=C(N)N)N(C)C)cc1.I. The highest BCUT2D eigenvalue weighted by atomic mass is 127. The summed E-state index contributed by atoms with van der Waals surface area (Å²) in [6, 6.07) is 8.81. The minimum atomic E-state index is 0. The third-order valence-electron chi connectivity index (χ3n) is 2.84. The van der Waals surface area contributed by atoms with Crippen LogP contribution in [-0.2, 0) is 6.42 Å². The van der Waals surface area contributed by atoms with Gasteiger partial charge in [-0.05, 0) is 31.6 Å². The summed E-state index contributed by atoms with van der Waals surface area (Å²) in [6.45, 7) is 2.73. The smallest absolute Gasteiger partial charge is 0.185 e. The van der Waals surface area contributed by atoms with E-state index >= 15 is 0 Å². The molecule has 0 spiro atoms. The first-order valence-corrected chi connectivity index (χ1v) is 5.85. The van der Waals surface area contributed by atoms with Crippen LogP contribution in [0, 0.1) is 0 Å². The van der Waals surface area contributed by atoms with Gasteiger partial charge in [-0.1, -0.05) is 31.2 Å². The van der Waals surface area contributed by atoms with E-state index < -0.39 is 0 Å². The van der Waals surface area contributed by atoms with E-state index in [1.807, 2.05) is 14.1 Å². The lowest BCUT2D eigenvalue weighted by Gasteiger charge is -2.23. The van der Waals surface area contributed by atoms with Crippen molar-refractivity contribution in [2.24, 2.45) is 16.5 Å². The molecule has 1 aromatic carbocycles. The highest BCUT2D eigenvalue weighted by Crippen LogP contribution is 2.19. The van der Waals surface area contributed by atoms with Gasteiger partial charge in [-0.3, -0.25) is 4.99 Å². The summed E-state index contributed by atoms with van der Waals surface area (Å²) in [6.07, 6.45) is 1.06. The van der Waals surface area contributed by atoms with Gasteiger partial charge < -0.3 is 16.4 Å². The first kappa shape index (κ1) is 17.2. The molecule has 0 fully saturated rings. The molecule has 1 aromatic rings. The molecular weight excluding hydrogens is 339 g/mol. The molecule has 0 heterocycles. The monoisotopic (exact) mass is 362 g/mol. The third kappa shape index (κ3) is 5.22. The number of nitrogens with two attached hydrogens (primary N) is 2. The van der Waals surface area contributed by atoms with Crippen LogP contribution in [0.1, 0.15) is 24.1 Å². The molecule has 0 amide bonds. The van der Waals surface area contributed by atoms with Crippen molar-refractivity contribution in [3.05, 3.63) is 35.4 Å². The molecule has 1 rings (SSSR count). The van der Waals surface area contributed by atoms with E-state index in [1.165, 1.54) is 11.1 Å². The van der Waals surface area contributed by atoms with E-state index in [9.17, 15) is 0 Å². The van der Waals surface area contributed by atoms with Crippen LogP contribution in [0.25, 0.3) is 0 Å². The maximum absolute atomic E-state index is 5.37. The molecule has 1 unspecified atom stereocenters. The van der Waals surface area contributed by atoms with Crippen molar-refractivity contribution in [1.29, 1.82) is 0 Å². The molecule has 0 saturated carbocycles. The summed E-state index contributed by atoms with van der Waals surface area (Å²) >= 11 is 0. The summed E-state index contributed by atoms with van der Waals surface area (Å²) in [5.41, 5.74) is 13.3. The summed E-state index contributed by atoms with van der Waals surface area (Å²) < 4.78 is 0.